The van der Waals surface area contributed by atoms with Crippen LogP contribution in [-0.4, -0.2) is 12.9 Å². The average Bonchev–Trinajstić information content (AvgIpc) is 2.47. The minimum absolute atomic E-state index is 0.139. The highest BCUT2D eigenvalue weighted by Crippen LogP contribution is 2.36. The van der Waals surface area contributed by atoms with Crippen LogP contribution in [0.5, 0.6) is 5.75 Å². The molecule has 0 spiro atoms. The molecule has 2 aromatic rings. The van der Waals surface area contributed by atoms with Crippen LogP contribution in [0, 0.1) is 0 Å². The molecule has 0 aromatic heterocycles. The molecule has 0 unspecified atom stereocenters. The summed E-state index contributed by atoms with van der Waals surface area (Å²) in [5, 5.41) is 0. The second-order valence-electron chi connectivity index (χ2n) is 5.66. The molecule has 1 fully saturated rings. The number of hydrogen-bond acceptors (Lipinski definition) is 2. The summed E-state index contributed by atoms with van der Waals surface area (Å²) in [6, 6.07) is 15.8. The number of para-hydroxylation sites is 1. The van der Waals surface area contributed by atoms with Crippen molar-refractivity contribution in [1.29, 1.82) is 0 Å². The molecule has 2 heteroatoms. The minimum atomic E-state index is 0.139. The highest BCUT2D eigenvalue weighted by molar-refractivity contribution is 5.97. The third-order valence-corrected chi connectivity index (χ3v) is 4.35. The van der Waals surface area contributed by atoms with Gasteiger partial charge in [0.2, 0.25) is 0 Å². The second-order valence-corrected chi connectivity index (χ2v) is 5.66. The predicted octanol–water partition coefficient (Wildman–Crippen LogP) is 4.39. The number of carbonyl (C=O) groups excluding carboxylic acids is 1. The van der Waals surface area contributed by atoms with Gasteiger partial charge in [-0.2, -0.15) is 0 Å². The van der Waals surface area contributed by atoms with Crippen LogP contribution in [-0.2, 0) is 6.42 Å². The fourth-order valence-electron chi connectivity index (χ4n) is 2.81. The van der Waals surface area contributed by atoms with E-state index in [9.17, 15) is 4.79 Å². The molecule has 2 nitrogen and oxygen atoms in total. The summed E-state index contributed by atoms with van der Waals surface area (Å²) in [5.41, 5.74) is 3.09. The number of Topliss-reactive ketones (excluding diaryl/α,β-unsaturated/α-hetero) is 1. The number of ketones is 1. The Hall–Kier alpha value is -2.09. The molecular formula is C19H20O2. The van der Waals surface area contributed by atoms with E-state index >= 15 is 0 Å². The molecular weight excluding hydrogens is 260 g/mol. The molecule has 0 amide bonds. The molecule has 0 radical (unpaired) electrons. The molecule has 1 saturated carbocycles. The fraction of sp³-hybridized carbons (Fsp3) is 0.316. The lowest BCUT2D eigenvalue weighted by Gasteiger charge is -2.25. The molecule has 1 aliphatic rings. The van der Waals surface area contributed by atoms with E-state index in [1.165, 1.54) is 24.8 Å². The van der Waals surface area contributed by atoms with Crippen LogP contribution in [0.25, 0.3) is 0 Å². The van der Waals surface area contributed by atoms with Crippen LogP contribution >= 0.6 is 0 Å². The van der Waals surface area contributed by atoms with E-state index in [0.29, 0.717) is 12.3 Å². The zero-order valence-electron chi connectivity index (χ0n) is 12.3. The Kier molecular flexibility index (Phi) is 4.05. The molecule has 3 rings (SSSR count). The summed E-state index contributed by atoms with van der Waals surface area (Å²) < 4.78 is 5.30. The van der Waals surface area contributed by atoms with Crippen molar-refractivity contribution < 1.29 is 9.53 Å². The monoisotopic (exact) mass is 280 g/mol. The van der Waals surface area contributed by atoms with Gasteiger partial charge in [-0.25, -0.2) is 0 Å². The van der Waals surface area contributed by atoms with E-state index < -0.39 is 0 Å². The standard InChI is InChI=1S/C19H20O2/c1-21-19-8-3-2-5-17(19)13-18(20)16-11-9-15(10-12-16)14-6-4-7-14/h2-3,5,8-12,14H,4,6-7,13H2,1H3. The van der Waals surface area contributed by atoms with Crippen molar-refractivity contribution in [2.45, 2.75) is 31.6 Å². The first kappa shape index (κ1) is 13.9. The number of ether oxygens (including phenoxy) is 1. The van der Waals surface area contributed by atoms with Crippen LogP contribution in [0.15, 0.2) is 48.5 Å². The second kappa shape index (κ2) is 6.13. The third-order valence-electron chi connectivity index (χ3n) is 4.35. The summed E-state index contributed by atoms with van der Waals surface area (Å²) in [6.45, 7) is 0. The van der Waals surface area contributed by atoms with Crippen LogP contribution < -0.4 is 4.74 Å². The predicted molar refractivity (Wildman–Crippen MR) is 84.1 cm³/mol. The quantitative estimate of drug-likeness (QED) is 0.759. The SMILES string of the molecule is COc1ccccc1CC(=O)c1ccc(C2CCC2)cc1. The van der Waals surface area contributed by atoms with Gasteiger partial charge in [0.05, 0.1) is 7.11 Å². The zero-order valence-corrected chi connectivity index (χ0v) is 12.3. The van der Waals surface area contributed by atoms with E-state index in [-0.39, 0.29) is 5.78 Å². The van der Waals surface area contributed by atoms with Crippen LogP contribution in [0.1, 0.15) is 46.7 Å². The van der Waals surface area contributed by atoms with Gasteiger partial charge in [0.15, 0.2) is 5.78 Å². The van der Waals surface area contributed by atoms with Crippen molar-refractivity contribution in [3.8, 4) is 5.75 Å². The normalized spacial score (nSPS) is 14.5. The van der Waals surface area contributed by atoms with Crippen molar-refractivity contribution in [1.82, 2.24) is 0 Å². The van der Waals surface area contributed by atoms with Gasteiger partial charge in [0.1, 0.15) is 5.75 Å². The molecule has 21 heavy (non-hydrogen) atoms. The van der Waals surface area contributed by atoms with Crippen molar-refractivity contribution in [2.75, 3.05) is 7.11 Å². The van der Waals surface area contributed by atoms with E-state index in [1.807, 2.05) is 36.4 Å². The fourth-order valence-corrected chi connectivity index (χ4v) is 2.81. The Labute approximate surface area is 125 Å². The molecule has 2 aromatic carbocycles. The first-order chi connectivity index (χ1) is 10.3. The number of carbonyl (C=O) groups is 1. The van der Waals surface area contributed by atoms with E-state index in [0.717, 1.165) is 16.9 Å². The lowest BCUT2D eigenvalue weighted by atomic mass is 9.80. The largest absolute Gasteiger partial charge is 0.496 e. The van der Waals surface area contributed by atoms with Gasteiger partial charge < -0.3 is 4.74 Å². The minimum Gasteiger partial charge on any atom is -0.496 e. The lowest BCUT2D eigenvalue weighted by Crippen LogP contribution is -2.09. The summed E-state index contributed by atoms with van der Waals surface area (Å²) in [4.78, 5) is 12.4. The Bertz CT molecular complexity index is 624. The number of rotatable bonds is 5. The number of benzene rings is 2. The van der Waals surface area contributed by atoms with Gasteiger partial charge in [0, 0.05) is 17.5 Å². The van der Waals surface area contributed by atoms with Crippen molar-refractivity contribution in [3.63, 3.8) is 0 Å². The van der Waals surface area contributed by atoms with E-state index in [1.54, 1.807) is 7.11 Å². The Balaban J connectivity index is 1.72. The van der Waals surface area contributed by atoms with Crippen LogP contribution in [0.4, 0.5) is 0 Å². The summed E-state index contributed by atoms with van der Waals surface area (Å²) >= 11 is 0. The van der Waals surface area contributed by atoms with Crippen molar-refractivity contribution in [3.05, 3.63) is 65.2 Å². The topological polar surface area (TPSA) is 26.3 Å². The molecule has 0 aliphatic heterocycles. The highest BCUT2D eigenvalue weighted by Gasteiger charge is 2.19. The maximum atomic E-state index is 12.4. The maximum absolute atomic E-state index is 12.4. The summed E-state index contributed by atoms with van der Waals surface area (Å²) in [7, 11) is 1.64. The molecule has 0 atom stereocenters. The molecule has 108 valence electrons. The zero-order chi connectivity index (χ0) is 14.7. The maximum Gasteiger partial charge on any atom is 0.167 e. The Morgan fingerprint density at radius 3 is 2.43 bits per heavy atom. The third kappa shape index (κ3) is 2.99. The molecule has 0 heterocycles. The van der Waals surface area contributed by atoms with Gasteiger partial charge in [-0.05, 0) is 30.4 Å². The molecule has 0 saturated heterocycles. The summed E-state index contributed by atoms with van der Waals surface area (Å²) in [5.74, 6) is 1.62. The lowest BCUT2D eigenvalue weighted by molar-refractivity contribution is 0.0992. The van der Waals surface area contributed by atoms with Gasteiger partial charge in [0.25, 0.3) is 0 Å². The highest BCUT2D eigenvalue weighted by atomic mass is 16.5. The van der Waals surface area contributed by atoms with Crippen LogP contribution in [0.2, 0.25) is 0 Å². The first-order valence-electron chi connectivity index (χ1n) is 7.53. The Morgan fingerprint density at radius 2 is 1.81 bits per heavy atom. The first-order valence-corrected chi connectivity index (χ1v) is 7.53. The van der Waals surface area contributed by atoms with Crippen molar-refractivity contribution >= 4 is 5.78 Å². The molecule has 0 N–H and O–H groups in total. The van der Waals surface area contributed by atoms with Crippen molar-refractivity contribution in [2.24, 2.45) is 0 Å². The van der Waals surface area contributed by atoms with Gasteiger partial charge in [-0.1, -0.05) is 48.9 Å². The van der Waals surface area contributed by atoms with Gasteiger partial charge in [-0.3, -0.25) is 4.79 Å². The number of methoxy groups -OCH3 is 1. The Morgan fingerprint density at radius 1 is 1.10 bits per heavy atom. The van der Waals surface area contributed by atoms with Gasteiger partial charge in [-0.15, -0.1) is 0 Å². The van der Waals surface area contributed by atoms with E-state index in [4.69, 9.17) is 4.74 Å². The smallest absolute Gasteiger partial charge is 0.167 e. The molecule has 1 aliphatic carbocycles. The average molecular weight is 280 g/mol. The van der Waals surface area contributed by atoms with E-state index in [2.05, 4.69) is 12.1 Å². The number of hydrogen-bond donors (Lipinski definition) is 0. The van der Waals surface area contributed by atoms with Gasteiger partial charge >= 0.3 is 0 Å². The molecule has 0 bridgehead atoms. The van der Waals surface area contributed by atoms with Crippen LogP contribution in [0.3, 0.4) is 0 Å². The summed E-state index contributed by atoms with van der Waals surface area (Å²) in [6.07, 6.45) is 4.29.